The number of hydrogen-bond donors (Lipinski definition) is 0. The van der Waals surface area contributed by atoms with Crippen molar-refractivity contribution >= 4 is 65.0 Å². The number of aromatic nitrogens is 2. The number of rotatable bonds is 8. The van der Waals surface area contributed by atoms with Crippen LogP contribution in [0.3, 0.4) is 0 Å². The van der Waals surface area contributed by atoms with Crippen LogP contribution >= 0.6 is 23.4 Å². The van der Waals surface area contributed by atoms with Gasteiger partial charge in [-0.15, -0.1) is 5.54 Å². The lowest BCUT2D eigenvalue weighted by Crippen LogP contribution is -2.62. The molecule has 0 saturated carbocycles. The van der Waals surface area contributed by atoms with E-state index in [0.29, 0.717) is 74.5 Å². The average molecular weight is 850 g/mol. The van der Waals surface area contributed by atoms with E-state index in [9.17, 15) is 4.79 Å². The summed E-state index contributed by atoms with van der Waals surface area (Å²) in [5, 5.41) is 2.29. The Morgan fingerprint density at radius 2 is 1.72 bits per heavy atom. The largest absolute Gasteiger partial charge is 0.468 e. The minimum atomic E-state index is -2.30. The number of nitrogens with zero attached hydrogens (tertiary/aromatic N) is 4. The van der Waals surface area contributed by atoms with Crippen molar-refractivity contribution in [2.24, 2.45) is 0 Å². The Hall–Kier alpha value is -3.63. The number of anilines is 1. The van der Waals surface area contributed by atoms with Crippen molar-refractivity contribution in [2.45, 2.75) is 134 Å². The van der Waals surface area contributed by atoms with Gasteiger partial charge < -0.3 is 19.1 Å². The van der Waals surface area contributed by atoms with Gasteiger partial charge in [0.2, 0.25) is 0 Å². The smallest absolute Gasteiger partial charge is 0.410 e. The monoisotopic (exact) mass is 848 g/mol. The highest BCUT2D eigenvalue weighted by Crippen LogP contribution is 2.50. The summed E-state index contributed by atoms with van der Waals surface area (Å²) in [7, 11) is -0.777. The number of fused-ring (bicyclic) bond motifs is 6. The predicted molar refractivity (Wildman–Crippen MR) is 234 cm³/mol. The molecule has 4 heterocycles. The van der Waals surface area contributed by atoms with Crippen LogP contribution < -0.4 is 9.64 Å². The van der Waals surface area contributed by atoms with Crippen LogP contribution in [-0.4, -0.2) is 79.5 Å². The lowest BCUT2D eigenvalue weighted by molar-refractivity contribution is 0.00721. The quantitative estimate of drug-likeness (QED) is 0.0570. The molecule has 0 N–H and O–H groups in total. The Morgan fingerprint density at radius 3 is 2.36 bits per heavy atom. The first kappa shape index (κ1) is 42.5. The van der Waals surface area contributed by atoms with E-state index in [1.165, 1.54) is 24.9 Å². The van der Waals surface area contributed by atoms with E-state index < -0.39 is 25.3 Å². The summed E-state index contributed by atoms with van der Waals surface area (Å²) >= 11 is 8.88. The Morgan fingerprint density at radius 1 is 1.02 bits per heavy atom. The number of amides is 1. The normalized spacial score (nSPS) is 19.2. The lowest BCUT2D eigenvalue weighted by Gasteiger charge is -2.47. The molecule has 3 aromatic carbocycles. The van der Waals surface area contributed by atoms with Crippen LogP contribution in [0.15, 0.2) is 29.4 Å². The van der Waals surface area contributed by atoms with Gasteiger partial charge >= 0.3 is 6.09 Å². The molecule has 13 heteroatoms. The van der Waals surface area contributed by atoms with Crippen LogP contribution in [0.2, 0.25) is 21.6 Å². The number of thioether (sulfide) groups is 1. The maximum atomic E-state index is 17.9. The van der Waals surface area contributed by atoms with Gasteiger partial charge in [0.05, 0.1) is 34.1 Å². The molecule has 3 aliphatic heterocycles. The highest BCUT2D eigenvalue weighted by Gasteiger charge is 2.51. The molecule has 3 atom stereocenters. The number of hydrogen-bond acceptors (Lipinski definition) is 8. The van der Waals surface area contributed by atoms with Gasteiger partial charge in [-0.1, -0.05) is 76.9 Å². The van der Waals surface area contributed by atoms with Crippen LogP contribution in [0.4, 0.5) is 19.4 Å². The second-order valence-electron chi connectivity index (χ2n) is 17.9. The van der Waals surface area contributed by atoms with Gasteiger partial charge in [-0.3, -0.25) is 4.90 Å². The van der Waals surface area contributed by atoms with E-state index in [0.717, 1.165) is 18.4 Å². The van der Waals surface area contributed by atoms with Crippen molar-refractivity contribution in [1.29, 1.82) is 0 Å². The molecule has 0 aliphatic carbocycles. The van der Waals surface area contributed by atoms with Crippen LogP contribution in [0, 0.1) is 23.1 Å². The Balaban J connectivity index is 1.48. The highest BCUT2D eigenvalue weighted by molar-refractivity contribution is 7.98. The van der Waals surface area contributed by atoms with Gasteiger partial charge in [-0.25, -0.2) is 23.5 Å². The summed E-state index contributed by atoms with van der Waals surface area (Å²) in [5.74, 6) is 3.29. The predicted octanol–water partition coefficient (Wildman–Crippen LogP) is 11.6. The van der Waals surface area contributed by atoms with Crippen molar-refractivity contribution in [3.63, 3.8) is 0 Å². The van der Waals surface area contributed by atoms with Crippen LogP contribution in [0.5, 0.6) is 5.75 Å². The number of benzene rings is 3. The number of halogens is 3. The summed E-state index contributed by atoms with van der Waals surface area (Å²) < 4.78 is 51.4. The van der Waals surface area contributed by atoms with Gasteiger partial charge in [0.1, 0.15) is 36.6 Å². The second-order valence-corrected chi connectivity index (χ2v) is 24.6. The molecule has 0 radical (unpaired) electrons. The zero-order valence-electron chi connectivity index (χ0n) is 35.5. The highest BCUT2D eigenvalue weighted by atomic mass is 35.5. The molecule has 3 aliphatic rings. The third-order valence-electron chi connectivity index (χ3n) is 12.6. The standard InChI is InChI=1S/C45H55ClF2N4O4SSi/c1-24(2)58(25(3)4,26(5)6)19-18-30-33(47)15-12-27-20-29(55-23-54-10)21-32(36(27)30)37-39(46)31-14-17-34-35-16-13-28(52(35)44(53)56-45(7,8)9)22-51(34)42-38(31)41(40(37)48)49-43(50-42)57-11/h12,15,20-21,24-26,28,34-35H,13-14,16-17,22-23H2,1-11H3/t28-,34-,35+/m1/s1. The summed E-state index contributed by atoms with van der Waals surface area (Å²) in [6, 6.07) is 6.30. The summed E-state index contributed by atoms with van der Waals surface area (Å²) in [5.41, 5.74) is 5.58. The van der Waals surface area contributed by atoms with Crippen LogP contribution in [0.25, 0.3) is 32.8 Å². The third-order valence-corrected chi connectivity index (χ3v) is 19.8. The molecule has 7 rings (SSSR count). The van der Waals surface area contributed by atoms with Gasteiger partial charge in [0.15, 0.2) is 17.8 Å². The van der Waals surface area contributed by atoms with Gasteiger partial charge in [0, 0.05) is 24.6 Å². The molecular formula is C45H55ClF2N4O4SSi. The SMILES string of the molecule is COCOc1cc(-c2c(Cl)c3c4c(nc(SC)nc4c2F)N2C[C@H]4CC[C@@H]([C@H]2CC3)N4C(=O)OC(C)(C)C)c2c(C#C[Si](C(C)C)(C(C)C)C(C)C)c(F)ccc2c1. The zero-order valence-corrected chi connectivity index (χ0v) is 38.1. The maximum absolute atomic E-state index is 17.9. The van der Waals surface area contributed by atoms with Crippen molar-refractivity contribution in [2.75, 3.05) is 31.6 Å². The Kier molecular flexibility index (Phi) is 11.8. The van der Waals surface area contributed by atoms with Gasteiger partial charge in [-0.2, -0.15) is 0 Å². The van der Waals surface area contributed by atoms with Crippen molar-refractivity contribution in [3.05, 3.63) is 52.0 Å². The fourth-order valence-electron chi connectivity index (χ4n) is 10.2. The van der Waals surface area contributed by atoms with E-state index in [2.05, 4.69) is 57.9 Å². The van der Waals surface area contributed by atoms with Crippen molar-refractivity contribution < 1.29 is 27.8 Å². The summed E-state index contributed by atoms with van der Waals surface area (Å²) in [6.07, 6.45) is 4.33. The first-order chi connectivity index (χ1) is 27.4. The summed E-state index contributed by atoms with van der Waals surface area (Å²) in [4.78, 5) is 27.7. The first-order valence-corrected chi connectivity index (χ1v) is 24.2. The van der Waals surface area contributed by atoms with Crippen molar-refractivity contribution in [3.8, 4) is 28.3 Å². The van der Waals surface area contributed by atoms with E-state index >= 15 is 8.78 Å². The fraction of sp³-hybridized carbons (Fsp3) is 0.533. The fourth-order valence-corrected chi connectivity index (χ4v) is 16.1. The molecule has 0 spiro atoms. The van der Waals surface area contributed by atoms with Gasteiger partial charge in [0.25, 0.3) is 0 Å². The number of carbonyl (C=O) groups excluding carboxylic acids is 1. The van der Waals surface area contributed by atoms with Gasteiger partial charge in [-0.05, 0) is 104 Å². The number of aryl methyl sites for hydroxylation is 1. The number of ether oxygens (including phenoxy) is 3. The molecule has 2 fully saturated rings. The topological polar surface area (TPSA) is 77.0 Å². The van der Waals surface area contributed by atoms with E-state index in [1.807, 2.05) is 31.9 Å². The van der Waals surface area contributed by atoms with Crippen LogP contribution in [-0.2, 0) is 15.9 Å². The average Bonchev–Trinajstić information content (AvgIpc) is 3.38. The maximum Gasteiger partial charge on any atom is 0.410 e. The molecule has 4 aromatic rings. The molecule has 310 valence electrons. The minimum absolute atomic E-state index is 0.0450. The lowest BCUT2D eigenvalue weighted by atomic mass is 9.90. The number of carbonyl (C=O) groups is 1. The zero-order chi connectivity index (χ0) is 42.0. The van der Waals surface area contributed by atoms with Crippen molar-refractivity contribution in [1.82, 2.24) is 14.9 Å². The Labute approximate surface area is 351 Å². The molecule has 2 bridgehead atoms. The molecule has 2 saturated heterocycles. The van der Waals surface area contributed by atoms with E-state index in [4.69, 9.17) is 35.8 Å². The second kappa shape index (κ2) is 16.1. The number of methoxy groups -OCH3 is 1. The Bertz CT molecular complexity index is 2320. The molecule has 58 heavy (non-hydrogen) atoms. The first-order valence-electron chi connectivity index (χ1n) is 20.4. The summed E-state index contributed by atoms with van der Waals surface area (Å²) in [6.45, 7) is 19.4. The van der Waals surface area contributed by atoms with E-state index in [-0.39, 0.29) is 52.7 Å². The number of piperazine rings is 1. The van der Waals surface area contributed by atoms with Crippen LogP contribution in [0.1, 0.15) is 92.7 Å². The molecular weight excluding hydrogens is 794 g/mol. The minimum Gasteiger partial charge on any atom is -0.468 e. The molecule has 0 unspecified atom stereocenters. The third kappa shape index (κ3) is 7.22. The molecule has 8 nitrogen and oxygen atoms in total. The molecule has 1 aromatic heterocycles. The van der Waals surface area contributed by atoms with E-state index in [1.54, 1.807) is 18.2 Å². The molecule has 1 amide bonds.